The second kappa shape index (κ2) is 7.07. The van der Waals surface area contributed by atoms with Crippen LogP contribution in [0.15, 0.2) is 48.9 Å². The molecule has 0 saturated carbocycles. The Balaban J connectivity index is 1.52. The van der Waals surface area contributed by atoms with Crippen molar-refractivity contribution in [3.63, 3.8) is 0 Å². The number of nitrogens with zero attached hydrogens (tertiary/aromatic N) is 4. The van der Waals surface area contributed by atoms with E-state index < -0.39 is 0 Å². The topological polar surface area (TPSA) is 74.8 Å². The maximum absolute atomic E-state index is 13.1. The van der Waals surface area contributed by atoms with Crippen molar-refractivity contribution in [2.24, 2.45) is 0 Å². The Morgan fingerprint density at radius 3 is 2.65 bits per heavy atom. The summed E-state index contributed by atoms with van der Waals surface area (Å²) in [7, 11) is 0. The van der Waals surface area contributed by atoms with Crippen molar-refractivity contribution in [3.8, 4) is 11.3 Å². The minimum absolute atomic E-state index is 0.0938. The molecule has 0 radical (unpaired) electrons. The summed E-state index contributed by atoms with van der Waals surface area (Å²) in [4.78, 5) is 23.7. The predicted molar refractivity (Wildman–Crippen MR) is 98.7 cm³/mol. The summed E-state index contributed by atoms with van der Waals surface area (Å²) in [5.74, 6) is 1.37. The van der Waals surface area contributed by atoms with Gasteiger partial charge in [0.05, 0.1) is 5.69 Å². The third kappa shape index (κ3) is 3.10. The van der Waals surface area contributed by atoms with E-state index in [1.54, 1.807) is 12.5 Å². The van der Waals surface area contributed by atoms with Gasteiger partial charge in [0.2, 0.25) is 0 Å². The first-order valence-corrected chi connectivity index (χ1v) is 8.89. The fraction of sp³-hybridized carbons (Fsp3) is 0.300. The number of H-pyrrole nitrogens is 1. The highest BCUT2D eigenvalue weighted by Gasteiger charge is 2.27. The van der Waals surface area contributed by atoms with Gasteiger partial charge in [0.15, 0.2) is 0 Å². The number of carbonyl (C=O) groups is 1. The van der Waals surface area contributed by atoms with Gasteiger partial charge in [0.25, 0.3) is 5.91 Å². The molecule has 2 aromatic heterocycles. The number of hydrogen-bond donors (Lipinski definition) is 1. The zero-order valence-corrected chi connectivity index (χ0v) is 14.7. The molecule has 3 aromatic rings. The van der Waals surface area contributed by atoms with Crippen molar-refractivity contribution in [1.82, 2.24) is 25.1 Å². The Bertz CT molecular complexity index is 884. The van der Waals surface area contributed by atoms with E-state index in [1.807, 2.05) is 48.2 Å². The maximum Gasteiger partial charge on any atom is 0.254 e. The van der Waals surface area contributed by atoms with Crippen LogP contribution in [0.3, 0.4) is 0 Å². The van der Waals surface area contributed by atoms with E-state index in [9.17, 15) is 4.79 Å². The van der Waals surface area contributed by atoms with Gasteiger partial charge in [-0.3, -0.25) is 14.9 Å². The summed E-state index contributed by atoms with van der Waals surface area (Å²) in [5, 5.41) is 6.87. The van der Waals surface area contributed by atoms with E-state index >= 15 is 0 Å². The van der Waals surface area contributed by atoms with Crippen LogP contribution in [-0.2, 0) is 0 Å². The summed E-state index contributed by atoms with van der Waals surface area (Å²) in [5.41, 5.74) is 3.64. The molecule has 26 heavy (non-hydrogen) atoms. The Labute approximate surface area is 152 Å². The first kappa shape index (κ1) is 16.4. The van der Waals surface area contributed by atoms with E-state index in [0.29, 0.717) is 5.92 Å². The number of nitrogens with one attached hydrogen (secondary N) is 1. The van der Waals surface area contributed by atoms with Crippen molar-refractivity contribution in [2.45, 2.75) is 25.7 Å². The third-order valence-corrected chi connectivity index (χ3v) is 5.11. The Hall–Kier alpha value is -3.02. The van der Waals surface area contributed by atoms with Crippen molar-refractivity contribution in [2.75, 3.05) is 13.1 Å². The fourth-order valence-corrected chi connectivity index (χ4v) is 3.60. The van der Waals surface area contributed by atoms with E-state index in [0.717, 1.165) is 54.1 Å². The van der Waals surface area contributed by atoms with Crippen molar-refractivity contribution >= 4 is 5.91 Å². The molecular formula is C20H21N5O. The molecule has 1 fully saturated rings. The van der Waals surface area contributed by atoms with Gasteiger partial charge in [0, 0.05) is 36.3 Å². The number of aromatic nitrogens is 4. The molecule has 4 rings (SSSR count). The van der Waals surface area contributed by atoms with Crippen LogP contribution in [-0.4, -0.2) is 44.1 Å². The Morgan fingerprint density at radius 2 is 1.96 bits per heavy atom. The van der Waals surface area contributed by atoms with Crippen LogP contribution in [0.4, 0.5) is 0 Å². The number of piperidine rings is 1. The number of aromatic amines is 1. The molecule has 0 bridgehead atoms. The van der Waals surface area contributed by atoms with Gasteiger partial charge in [-0.25, -0.2) is 4.98 Å². The fourth-order valence-electron chi connectivity index (χ4n) is 3.60. The van der Waals surface area contributed by atoms with Crippen LogP contribution in [0.2, 0.25) is 0 Å². The Kier molecular flexibility index (Phi) is 4.48. The molecule has 1 aliphatic rings. The lowest BCUT2D eigenvalue weighted by Gasteiger charge is -2.31. The standard InChI is InChI=1S/C20H21N5O/c1-14-16(18-7-2-3-10-21-18)5-4-6-17(14)20(26)25-11-8-15(9-12-25)19-22-13-23-24-19/h2-7,10,13,15H,8-9,11-12H2,1H3,(H,22,23,24). The quantitative estimate of drug-likeness (QED) is 0.789. The molecule has 1 N–H and O–H groups in total. The van der Waals surface area contributed by atoms with Crippen LogP contribution in [0, 0.1) is 6.92 Å². The smallest absolute Gasteiger partial charge is 0.254 e. The van der Waals surface area contributed by atoms with Crippen LogP contribution in [0.25, 0.3) is 11.3 Å². The molecule has 132 valence electrons. The van der Waals surface area contributed by atoms with Gasteiger partial charge in [-0.05, 0) is 43.5 Å². The number of likely N-dealkylation sites (tertiary alicyclic amines) is 1. The largest absolute Gasteiger partial charge is 0.339 e. The van der Waals surface area contributed by atoms with Gasteiger partial charge in [-0.15, -0.1) is 0 Å². The average Bonchev–Trinajstić information content (AvgIpc) is 3.23. The highest BCUT2D eigenvalue weighted by molar-refractivity contribution is 5.97. The molecule has 0 atom stereocenters. The van der Waals surface area contributed by atoms with Crippen LogP contribution in [0.1, 0.15) is 40.5 Å². The summed E-state index contributed by atoms with van der Waals surface area (Å²) < 4.78 is 0. The molecule has 6 heteroatoms. The minimum Gasteiger partial charge on any atom is -0.339 e. The predicted octanol–water partition coefficient (Wildman–Crippen LogP) is 3.19. The number of amides is 1. The molecule has 3 heterocycles. The number of carbonyl (C=O) groups excluding carboxylic acids is 1. The highest BCUT2D eigenvalue weighted by Crippen LogP contribution is 2.28. The molecule has 1 aromatic carbocycles. The Morgan fingerprint density at radius 1 is 1.12 bits per heavy atom. The second-order valence-electron chi connectivity index (χ2n) is 6.63. The molecule has 0 aliphatic carbocycles. The zero-order chi connectivity index (χ0) is 17.9. The van der Waals surface area contributed by atoms with Crippen molar-refractivity contribution in [1.29, 1.82) is 0 Å². The number of pyridine rings is 1. The third-order valence-electron chi connectivity index (χ3n) is 5.11. The van der Waals surface area contributed by atoms with Gasteiger partial charge in [-0.1, -0.05) is 18.2 Å². The molecule has 0 spiro atoms. The van der Waals surface area contributed by atoms with Gasteiger partial charge >= 0.3 is 0 Å². The van der Waals surface area contributed by atoms with Gasteiger partial charge in [0.1, 0.15) is 12.2 Å². The summed E-state index contributed by atoms with van der Waals surface area (Å²) >= 11 is 0. The van der Waals surface area contributed by atoms with Crippen molar-refractivity contribution in [3.05, 3.63) is 65.9 Å². The molecule has 1 saturated heterocycles. The van der Waals surface area contributed by atoms with Gasteiger partial charge < -0.3 is 4.90 Å². The van der Waals surface area contributed by atoms with Gasteiger partial charge in [-0.2, -0.15) is 5.10 Å². The zero-order valence-electron chi connectivity index (χ0n) is 14.7. The number of rotatable bonds is 3. The van der Waals surface area contributed by atoms with E-state index in [4.69, 9.17) is 0 Å². The highest BCUT2D eigenvalue weighted by atomic mass is 16.2. The maximum atomic E-state index is 13.1. The lowest BCUT2D eigenvalue weighted by molar-refractivity contribution is 0.0710. The normalized spacial score (nSPS) is 15.2. The van der Waals surface area contributed by atoms with E-state index in [2.05, 4.69) is 20.2 Å². The molecule has 1 aliphatic heterocycles. The lowest BCUT2D eigenvalue weighted by atomic mass is 9.94. The first-order valence-electron chi connectivity index (χ1n) is 8.89. The van der Waals surface area contributed by atoms with Crippen LogP contribution < -0.4 is 0 Å². The second-order valence-corrected chi connectivity index (χ2v) is 6.63. The number of benzene rings is 1. The summed E-state index contributed by atoms with van der Waals surface area (Å²) in [6.07, 6.45) is 5.12. The number of hydrogen-bond acceptors (Lipinski definition) is 4. The molecule has 6 nitrogen and oxygen atoms in total. The molecule has 1 amide bonds. The SMILES string of the molecule is Cc1c(C(=O)N2CCC(c3ncn[nH]3)CC2)cccc1-c1ccccn1. The minimum atomic E-state index is 0.0938. The molecular weight excluding hydrogens is 326 g/mol. The lowest BCUT2D eigenvalue weighted by Crippen LogP contribution is -2.38. The summed E-state index contributed by atoms with van der Waals surface area (Å²) in [6.45, 7) is 3.47. The first-order chi connectivity index (χ1) is 12.7. The molecule has 0 unspecified atom stereocenters. The average molecular weight is 347 g/mol. The summed E-state index contributed by atoms with van der Waals surface area (Å²) in [6, 6.07) is 11.7. The van der Waals surface area contributed by atoms with Crippen LogP contribution in [0.5, 0.6) is 0 Å². The van der Waals surface area contributed by atoms with E-state index in [1.165, 1.54) is 0 Å². The van der Waals surface area contributed by atoms with Crippen molar-refractivity contribution < 1.29 is 4.79 Å². The monoisotopic (exact) mass is 347 g/mol. The van der Waals surface area contributed by atoms with E-state index in [-0.39, 0.29) is 5.91 Å². The van der Waals surface area contributed by atoms with Crippen LogP contribution >= 0.6 is 0 Å².